The molecular weight excluding hydrogens is 168 g/mol. The third-order valence-electron chi connectivity index (χ3n) is 2.39. The van der Waals surface area contributed by atoms with Crippen LogP contribution in [0.2, 0.25) is 0 Å². The molecule has 0 aliphatic carbocycles. The number of furan rings is 1. The summed E-state index contributed by atoms with van der Waals surface area (Å²) in [5, 5.41) is 0. The van der Waals surface area contributed by atoms with Gasteiger partial charge >= 0.3 is 0 Å². The second kappa shape index (κ2) is 3.75. The third kappa shape index (κ3) is 1.65. The van der Waals surface area contributed by atoms with Crippen molar-refractivity contribution in [3.8, 4) is 0 Å². The minimum absolute atomic E-state index is 0.268. The van der Waals surface area contributed by atoms with Gasteiger partial charge in [-0.3, -0.25) is 4.79 Å². The van der Waals surface area contributed by atoms with E-state index in [1.54, 1.807) is 12.3 Å². The maximum absolute atomic E-state index is 10.6. The Morgan fingerprint density at radius 3 is 3.15 bits per heavy atom. The molecule has 3 nitrogen and oxygen atoms in total. The highest BCUT2D eigenvalue weighted by molar-refractivity contribution is 5.76. The quantitative estimate of drug-likeness (QED) is 0.653. The van der Waals surface area contributed by atoms with Crippen LogP contribution < -0.4 is 0 Å². The van der Waals surface area contributed by atoms with Gasteiger partial charge in [-0.1, -0.05) is 0 Å². The fourth-order valence-corrected chi connectivity index (χ4v) is 1.71. The van der Waals surface area contributed by atoms with E-state index in [0.29, 0.717) is 12.2 Å². The maximum Gasteiger partial charge on any atom is 0.153 e. The number of rotatable bonds is 2. The van der Waals surface area contributed by atoms with E-state index in [2.05, 4.69) is 0 Å². The lowest BCUT2D eigenvalue weighted by atomic mass is 9.97. The molecule has 2 heterocycles. The molecule has 1 aliphatic heterocycles. The Balaban J connectivity index is 2.17. The molecule has 1 unspecified atom stereocenters. The molecule has 3 heteroatoms. The molecule has 1 atom stereocenters. The lowest BCUT2D eigenvalue weighted by Crippen LogP contribution is -2.15. The van der Waals surface area contributed by atoms with E-state index in [-0.39, 0.29) is 5.92 Å². The molecule has 2 rings (SSSR count). The van der Waals surface area contributed by atoms with Gasteiger partial charge in [0.2, 0.25) is 0 Å². The van der Waals surface area contributed by atoms with E-state index in [1.807, 2.05) is 0 Å². The van der Waals surface area contributed by atoms with Crippen LogP contribution in [0.15, 0.2) is 16.7 Å². The maximum atomic E-state index is 10.6. The summed E-state index contributed by atoms with van der Waals surface area (Å²) in [6.07, 6.45) is 4.50. The van der Waals surface area contributed by atoms with Gasteiger partial charge in [0.05, 0.1) is 18.4 Å². The second-order valence-corrected chi connectivity index (χ2v) is 3.27. The molecule has 1 fully saturated rings. The Kier molecular flexibility index (Phi) is 2.45. The number of carbonyl (C=O) groups excluding carboxylic acids is 1. The van der Waals surface area contributed by atoms with Crippen LogP contribution in [0.25, 0.3) is 0 Å². The first-order valence-electron chi connectivity index (χ1n) is 4.52. The molecule has 0 spiro atoms. The van der Waals surface area contributed by atoms with Crippen molar-refractivity contribution >= 4 is 6.29 Å². The molecule has 0 bridgehead atoms. The minimum atomic E-state index is 0.268. The number of ether oxygens (including phenoxy) is 1. The van der Waals surface area contributed by atoms with E-state index in [4.69, 9.17) is 9.15 Å². The average molecular weight is 180 g/mol. The van der Waals surface area contributed by atoms with Crippen molar-refractivity contribution in [3.63, 3.8) is 0 Å². The van der Waals surface area contributed by atoms with Crippen molar-refractivity contribution < 1.29 is 13.9 Å². The molecule has 1 aromatic heterocycles. The topological polar surface area (TPSA) is 39.4 Å². The number of aldehydes is 1. The minimum Gasteiger partial charge on any atom is -0.468 e. The smallest absolute Gasteiger partial charge is 0.153 e. The van der Waals surface area contributed by atoms with Gasteiger partial charge in [-0.05, 0) is 18.9 Å². The van der Waals surface area contributed by atoms with Crippen molar-refractivity contribution in [2.75, 3.05) is 13.2 Å². The molecule has 0 radical (unpaired) electrons. The lowest BCUT2D eigenvalue weighted by molar-refractivity contribution is 0.0737. The average Bonchev–Trinajstić information content (AvgIpc) is 2.67. The molecule has 0 aromatic carbocycles. The van der Waals surface area contributed by atoms with Crippen LogP contribution in [-0.2, 0) is 4.74 Å². The van der Waals surface area contributed by atoms with Gasteiger partial charge in [-0.25, -0.2) is 0 Å². The van der Waals surface area contributed by atoms with Crippen molar-refractivity contribution in [2.45, 2.75) is 18.8 Å². The highest BCUT2D eigenvalue weighted by Gasteiger charge is 2.21. The summed E-state index contributed by atoms with van der Waals surface area (Å²) in [5.41, 5.74) is 0.663. The highest BCUT2D eigenvalue weighted by atomic mass is 16.5. The summed E-state index contributed by atoms with van der Waals surface area (Å²) in [7, 11) is 0. The first-order chi connectivity index (χ1) is 6.42. The van der Waals surface area contributed by atoms with Gasteiger partial charge in [0.1, 0.15) is 5.76 Å². The molecule has 1 aromatic rings. The van der Waals surface area contributed by atoms with Crippen LogP contribution >= 0.6 is 0 Å². The van der Waals surface area contributed by atoms with Crippen LogP contribution in [0, 0.1) is 0 Å². The molecule has 13 heavy (non-hydrogen) atoms. The predicted molar refractivity (Wildman–Crippen MR) is 46.9 cm³/mol. The molecule has 0 N–H and O–H groups in total. The fourth-order valence-electron chi connectivity index (χ4n) is 1.71. The van der Waals surface area contributed by atoms with Crippen molar-refractivity contribution in [3.05, 3.63) is 23.7 Å². The van der Waals surface area contributed by atoms with Crippen molar-refractivity contribution in [2.24, 2.45) is 0 Å². The molecule has 70 valence electrons. The SMILES string of the molecule is O=Cc1ccoc1C1CCCOC1. The zero-order valence-electron chi connectivity index (χ0n) is 7.36. The number of hydrogen-bond acceptors (Lipinski definition) is 3. The zero-order valence-corrected chi connectivity index (χ0v) is 7.36. The third-order valence-corrected chi connectivity index (χ3v) is 2.39. The summed E-state index contributed by atoms with van der Waals surface area (Å²) in [5.74, 6) is 1.05. The fraction of sp³-hybridized carbons (Fsp3) is 0.500. The van der Waals surface area contributed by atoms with Crippen LogP contribution in [0.3, 0.4) is 0 Å². The zero-order chi connectivity index (χ0) is 9.10. The van der Waals surface area contributed by atoms with E-state index in [0.717, 1.165) is 31.5 Å². The molecule has 0 saturated carbocycles. The van der Waals surface area contributed by atoms with Gasteiger partial charge < -0.3 is 9.15 Å². The molecule has 1 saturated heterocycles. The monoisotopic (exact) mass is 180 g/mol. The first kappa shape index (κ1) is 8.51. The van der Waals surface area contributed by atoms with E-state index in [9.17, 15) is 4.79 Å². The molecular formula is C10H12O3. The number of hydrogen-bond donors (Lipinski definition) is 0. The summed E-state index contributed by atoms with van der Waals surface area (Å²) in [6.45, 7) is 1.50. The van der Waals surface area contributed by atoms with E-state index in [1.165, 1.54) is 0 Å². The summed E-state index contributed by atoms with van der Waals surface area (Å²) < 4.78 is 10.6. The van der Waals surface area contributed by atoms with Gasteiger partial charge in [0, 0.05) is 12.5 Å². The van der Waals surface area contributed by atoms with Crippen LogP contribution in [-0.4, -0.2) is 19.5 Å². The Labute approximate surface area is 76.7 Å². The first-order valence-corrected chi connectivity index (χ1v) is 4.52. The number of carbonyl (C=O) groups is 1. The normalized spacial score (nSPS) is 22.9. The van der Waals surface area contributed by atoms with Gasteiger partial charge in [-0.2, -0.15) is 0 Å². The van der Waals surface area contributed by atoms with Crippen LogP contribution in [0.4, 0.5) is 0 Å². The summed E-state index contributed by atoms with van der Waals surface area (Å²) in [6, 6.07) is 1.71. The molecule has 1 aliphatic rings. The van der Waals surface area contributed by atoms with Crippen LogP contribution in [0.5, 0.6) is 0 Å². The Bertz CT molecular complexity index is 284. The van der Waals surface area contributed by atoms with Crippen molar-refractivity contribution in [1.29, 1.82) is 0 Å². The Hall–Kier alpha value is -1.09. The lowest BCUT2D eigenvalue weighted by Gasteiger charge is -2.20. The molecule has 0 amide bonds. The largest absolute Gasteiger partial charge is 0.468 e. The van der Waals surface area contributed by atoms with Gasteiger partial charge in [0.25, 0.3) is 0 Å². The Morgan fingerprint density at radius 2 is 2.46 bits per heavy atom. The standard InChI is InChI=1S/C10H12O3/c11-6-8-3-5-13-10(8)9-2-1-4-12-7-9/h3,5-6,9H,1-2,4,7H2. The van der Waals surface area contributed by atoms with Gasteiger partial charge in [0.15, 0.2) is 6.29 Å². The Morgan fingerprint density at radius 1 is 1.54 bits per heavy atom. The highest BCUT2D eigenvalue weighted by Crippen LogP contribution is 2.27. The van der Waals surface area contributed by atoms with Gasteiger partial charge in [-0.15, -0.1) is 0 Å². The summed E-state index contributed by atoms with van der Waals surface area (Å²) in [4.78, 5) is 10.6. The predicted octanol–water partition coefficient (Wildman–Crippen LogP) is 1.99. The van der Waals surface area contributed by atoms with Crippen molar-refractivity contribution in [1.82, 2.24) is 0 Å². The van der Waals surface area contributed by atoms with Crippen LogP contribution in [0.1, 0.15) is 34.9 Å². The van der Waals surface area contributed by atoms with E-state index < -0.39 is 0 Å². The summed E-state index contributed by atoms with van der Waals surface area (Å²) >= 11 is 0. The van der Waals surface area contributed by atoms with E-state index >= 15 is 0 Å². The second-order valence-electron chi connectivity index (χ2n) is 3.27.